The summed E-state index contributed by atoms with van der Waals surface area (Å²) < 4.78 is 19.1. The van der Waals surface area contributed by atoms with Gasteiger partial charge in [0.1, 0.15) is 5.82 Å². The highest BCUT2D eigenvalue weighted by Gasteiger charge is 2.41. The normalized spacial score (nSPS) is 24.6. The van der Waals surface area contributed by atoms with Crippen LogP contribution in [0.15, 0.2) is 42.7 Å². The summed E-state index contributed by atoms with van der Waals surface area (Å²) in [6.07, 6.45) is 4.65. The molecule has 0 radical (unpaired) electrons. The van der Waals surface area contributed by atoms with Crippen LogP contribution >= 0.6 is 0 Å². The highest BCUT2D eigenvalue weighted by molar-refractivity contribution is 5.32. The van der Waals surface area contributed by atoms with Crippen LogP contribution in [0, 0.1) is 11.2 Å². The average molecular weight is 342 g/mol. The van der Waals surface area contributed by atoms with Gasteiger partial charge in [-0.15, -0.1) is 0 Å². The van der Waals surface area contributed by atoms with Gasteiger partial charge in [0, 0.05) is 50.5 Å². The van der Waals surface area contributed by atoms with Crippen LogP contribution < -0.4 is 4.90 Å². The molecule has 6 heteroatoms. The van der Waals surface area contributed by atoms with Crippen molar-refractivity contribution in [3.8, 4) is 0 Å². The zero-order chi connectivity index (χ0) is 17.1. The Bertz CT molecular complexity index is 696. The van der Waals surface area contributed by atoms with E-state index < -0.39 is 0 Å². The van der Waals surface area contributed by atoms with Gasteiger partial charge in [-0.2, -0.15) is 0 Å². The quantitative estimate of drug-likeness (QED) is 0.856. The van der Waals surface area contributed by atoms with Gasteiger partial charge in [-0.25, -0.2) is 14.4 Å². The summed E-state index contributed by atoms with van der Waals surface area (Å²) in [4.78, 5) is 13.4. The van der Waals surface area contributed by atoms with E-state index in [1.807, 2.05) is 18.2 Å². The summed E-state index contributed by atoms with van der Waals surface area (Å²) in [5.41, 5.74) is 1.25. The molecule has 1 aromatic heterocycles. The molecule has 1 atom stereocenters. The molecule has 5 nitrogen and oxygen atoms in total. The van der Waals surface area contributed by atoms with E-state index >= 15 is 0 Å². The van der Waals surface area contributed by atoms with Crippen LogP contribution in [0.5, 0.6) is 0 Å². The Kier molecular flexibility index (Phi) is 4.63. The molecule has 0 N–H and O–H groups in total. The minimum absolute atomic E-state index is 0.107. The summed E-state index contributed by atoms with van der Waals surface area (Å²) in [5, 5.41) is 0. The topological polar surface area (TPSA) is 41.5 Å². The van der Waals surface area contributed by atoms with Crippen molar-refractivity contribution >= 4 is 5.95 Å². The number of ether oxygens (including phenoxy) is 1. The van der Waals surface area contributed by atoms with Gasteiger partial charge in [-0.1, -0.05) is 12.1 Å². The van der Waals surface area contributed by atoms with Crippen molar-refractivity contribution in [2.75, 3.05) is 44.3 Å². The molecule has 1 spiro atoms. The van der Waals surface area contributed by atoms with Crippen LogP contribution in [0.4, 0.5) is 10.3 Å². The molecule has 2 saturated heterocycles. The van der Waals surface area contributed by atoms with Crippen molar-refractivity contribution in [1.82, 2.24) is 14.9 Å². The predicted octanol–water partition coefficient (Wildman–Crippen LogP) is 2.34. The summed E-state index contributed by atoms with van der Waals surface area (Å²) >= 11 is 0. The molecule has 1 aromatic carbocycles. The second-order valence-corrected chi connectivity index (χ2v) is 7.11. The van der Waals surface area contributed by atoms with Crippen molar-refractivity contribution in [2.45, 2.75) is 13.0 Å². The number of nitrogens with zero attached hydrogens (tertiary/aromatic N) is 4. The first kappa shape index (κ1) is 16.4. The fourth-order valence-electron chi connectivity index (χ4n) is 3.87. The second kappa shape index (κ2) is 7.06. The lowest BCUT2D eigenvalue weighted by atomic mass is 9.87. The van der Waals surface area contributed by atoms with Crippen molar-refractivity contribution in [1.29, 1.82) is 0 Å². The zero-order valence-electron chi connectivity index (χ0n) is 14.3. The van der Waals surface area contributed by atoms with Gasteiger partial charge in [-0.05, 0) is 30.2 Å². The number of aromatic nitrogens is 2. The number of halogens is 1. The molecule has 0 bridgehead atoms. The number of hydrogen-bond acceptors (Lipinski definition) is 5. The lowest BCUT2D eigenvalue weighted by Crippen LogP contribution is -2.40. The van der Waals surface area contributed by atoms with Gasteiger partial charge < -0.3 is 9.64 Å². The number of rotatable bonds is 3. The fourth-order valence-corrected chi connectivity index (χ4v) is 3.87. The minimum Gasteiger partial charge on any atom is -0.379 e. The molecule has 2 aliphatic rings. The predicted molar refractivity (Wildman–Crippen MR) is 93.8 cm³/mol. The smallest absolute Gasteiger partial charge is 0.225 e. The molecule has 0 saturated carbocycles. The zero-order valence-corrected chi connectivity index (χ0v) is 14.3. The Morgan fingerprint density at radius 2 is 1.88 bits per heavy atom. The van der Waals surface area contributed by atoms with Crippen molar-refractivity contribution < 1.29 is 9.13 Å². The molecule has 0 amide bonds. The molecule has 2 aliphatic heterocycles. The van der Waals surface area contributed by atoms with Crippen LogP contribution in [0.1, 0.15) is 12.0 Å². The van der Waals surface area contributed by atoms with Gasteiger partial charge in [0.2, 0.25) is 5.95 Å². The Labute approximate surface area is 147 Å². The van der Waals surface area contributed by atoms with Crippen LogP contribution in [-0.4, -0.2) is 54.3 Å². The number of hydrogen-bond donors (Lipinski definition) is 0. The first-order chi connectivity index (χ1) is 12.2. The third kappa shape index (κ3) is 3.80. The van der Waals surface area contributed by atoms with E-state index in [0.717, 1.165) is 63.9 Å². The van der Waals surface area contributed by atoms with E-state index in [9.17, 15) is 4.39 Å². The minimum atomic E-state index is -0.186. The van der Waals surface area contributed by atoms with Crippen LogP contribution in [0.2, 0.25) is 0 Å². The maximum Gasteiger partial charge on any atom is 0.225 e. The molecule has 2 aromatic rings. The summed E-state index contributed by atoms with van der Waals surface area (Å²) in [6, 6.07) is 8.64. The van der Waals surface area contributed by atoms with E-state index in [-0.39, 0.29) is 11.2 Å². The van der Waals surface area contributed by atoms with Gasteiger partial charge in [0.05, 0.1) is 13.2 Å². The van der Waals surface area contributed by atoms with E-state index in [4.69, 9.17) is 4.74 Å². The SMILES string of the molecule is Fc1ccc(CN2CCOC[C@@]3(CCN(c4ncccn4)C3)C2)cc1. The van der Waals surface area contributed by atoms with Crippen molar-refractivity contribution in [3.05, 3.63) is 54.1 Å². The van der Waals surface area contributed by atoms with E-state index in [1.54, 1.807) is 12.4 Å². The third-order valence-corrected chi connectivity index (χ3v) is 5.11. The van der Waals surface area contributed by atoms with Crippen LogP contribution in [-0.2, 0) is 11.3 Å². The average Bonchev–Trinajstić information content (AvgIpc) is 2.94. The molecule has 0 aliphatic carbocycles. The lowest BCUT2D eigenvalue weighted by molar-refractivity contribution is 0.0798. The summed E-state index contributed by atoms with van der Waals surface area (Å²) in [7, 11) is 0. The first-order valence-corrected chi connectivity index (χ1v) is 8.79. The van der Waals surface area contributed by atoms with Crippen LogP contribution in [0.3, 0.4) is 0 Å². The summed E-state index contributed by atoms with van der Waals surface area (Å²) in [6.45, 7) is 6.09. The standard InChI is InChI=1S/C19H23FN4O/c20-17-4-2-16(3-5-17)12-23-10-11-25-15-19(13-23)6-9-24(14-19)18-21-7-1-8-22-18/h1-5,7-8H,6,9-15H2/t19-/m0/s1. The molecular formula is C19H23FN4O. The van der Waals surface area contributed by atoms with Gasteiger partial charge in [0.25, 0.3) is 0 Å². The Morgan fingerprint density at radius 3 is 2.68 bits per heavy atom. The Morgan fingerprint density at radius 1 is 1.08 bits per heavy atom. The number of benzene rings is 1. The first-order valence-electron chi connectivity index (χ1n) is 8.79. The second-order valence-electron chi connectivity index (χ2n) is 7.11. The van der Waals surface area contributed by atoms with Gasteiger partial charge in [0.15, 0.2) is 0 Å². The third-order valence-electron chi connectivity index (χ3n) is 5.11. The van der Waals surface area contributed by atoms with E-state index in [0.29, 0.717) is 0 Å². The Hall–Kier alpha value is -2.05. The number of anilines is 1. The highest BCUT2D eigenvalue weighted by atomic mass is 19.1. The highest BCUT2D eigenvalue weighted by Crippen LogP contribution is 2.35. The summed E-state index contributed by atoms with van der Waals surface area (Å²) in [5.74, 6) is 0.613. The van der Waals surface area contributed by atoms with Crippen LogP contribution in [0.25, 0.3) is 0 Å². The van der Waals surface area contributed by atoms with Gasteiger partial charge in [-0.3, -0.25) is 4.90 Å². The molecule has 25 heavy (non-hydrogen) atoms. The fraction of sp³-hybridized carbons (Fsp3) is 0.474. The molecule has 0 unspecified atom stereocenters. The van der Waals surface area contributed by atoms with E-state index in [1.165, 1.54) is 12.1 Å². The Balaban J connectivity index is 1.45. The van der Waals surface area contributed by atoms with Gasteiger partial charge >= 0.3 is 0 Å². The molecule has 132 valence electrons. The maximum atomic E-state index is 13.1. The van der Waals surface area contributed by atoms with E-state index in [2.05, 4.69) is 19.8 Å². The lowest BCUT2D eigenvalue weighted by Gasteiger charge is -2.31. The van der Waals surface area contributed by atoms with Crippen molar-refractivity contribution in [2.24, 2.45) is 5.41 Å². The largest absolute Gasteiger partial charge is 0.379 e. The maximum absolute atomic E-state index is 13.1. The van der Waals surface area contributed by atoms with Crippen molar-refractivity contribution in [3.63, 3.8) is 0 Å². The molecular weight excluding hydrogens is 319 g/mol. The molecule has 3 heterocycles. The molecule has 2 fully saturated rings. The molecule has 4 rings (SSSR count). The monoisotopic (exact) mass is 342 g/mol.